The molecule has 0 atom stereocenters. The highest BCUT2D eigenvalue weighted by Crippen LogP contribution is 2.09. The number of rotatable bonds is 2. The lowest BCUT2D eigenvalue weighted by molar-refractivity contribution is 1.04. The van der Waals surface area contributed by atoms with Gasteiger partial charge in [-0.15, -0.1) is 0 Å². The number of nitrogens with one attached hydrogen (secondary N) is 1. The quantitative estimate of drug-likeness (QED) is 0.350. The van der Waals surface area contributed by atoms with Crippen LogP contribution in [0.5, 0.6) is 0 Å². The van der Waals surface area contributed by atoms with Gasteiger partial charge in [0.05, 0.1) is 6.54 Å². The highest BCUT2D eigenvalue weighted by Gasteiger charge is 1.92. The van der Waals surface area contributed by atoms with Crippen molar-refractivity contribution < 1.29 is 0 Å². The van der Waals surface area contributed by atoms with Gasteiger partial charge < -0.3 is 0 Å². The largest absolute Gasteiger partial charge is 0.281 e. The monoisotopic (exact) mass is 207 g/mol. The molecule has 3 nitrogen and oxygen atoms in total. The summed E-state index contributed by atoms with van der Waals surface area (Å²) in [7, 11) is 0. The zero-order chi connectivity index (χ0) is 10.4. The Bertz CT molecular complexity index is 362. The molecule has 14 heavy (non-hydrogen) atoms. The number of benzene rings is 1. The van der Waals surface area contributed by atoms with E-state index < -0.39 is 0 Å². The van der Waals surface area contributed by atoms with Gasteiger partial charge in [-0.2, -0.15) is 5.26 Å². The van der Waals surface area contributed by atoms with Crippen LogP contribution in [-0.2, 0) is 6.54 Å². The van der Waals surface area contributed by atoms with Gasteiger partial charge in [0.1, 0.15) is 5.84 Å². The zero-order valence-corrected chi connectivity index (χ0v) is 8.54. The van der Waals surface area contributed by atoms with Crippen molar-refractivity contribution >= 4 is 17.4 Å². The van der Waals surface area contributed by atoms with Crippen molar-refractivity contribution in [3.63, 3.8) is 0 Å². The summed E-state index contributed by atoms with van der Waals surface area (Å²) in [6, 6.07) is 7.45. The average molecular weight is 208 g/mol. The molecule has 0 heterocycles. The molecule has 0 saturated carbocycles. The van der Waals surface area contributed by atoms with Crippen molar-refractivity contribution in [2.75, 3.05) is 0 Å². The molecule has 1 aromatic carbocycles. The normalized spacial score (nSPS) is 10.8. The van der Waals surface area contributed by atoms with Gasteiger partial charge in [-0.1, -0.05) is 23.7 Å². The van der Waals surface area contributed by atoms with E-state index in [4.69, 9.17) is 16.9 Å². The lowest BCUT2D eigenvalue weighted by Crippen LogP contribution is -2.13. The van der Waals surface area contributed by atoms with Crippen LogP contribution in [0.3, 0.4) is 0 Å². The Morgan fingerprint density at radius 3 is 2.71 bits per heavy atom. The Labute approximate surface area is 88.0 Å². The second-order valence-corrected chi connectivity index (χ2v) is 3.20. The lowest BCUT2D eigenvalue weighted by Gasteiger charge is -1.98. The van der Waals surface area contributed by atoms with Crippen LogP contribution < -0.4 is 5.32 Å². The van der Waals surface area contributed by atoms with Crippen LogP contribution in [0.15, 0.2) is 29.3 Å². The van der Waals surface area contributed by atoms with Crippen molar-refractivity contribution in [3.8, 4) is 6.19 Å². The Morgan fingerprint density at radius 1 is 1.50 bits per heavy atom. The molecule has 1 aromatic rings. The second-order valence-electron chi connectivity index (χ2n) is 2.76. The van der Waals surface area contributed by atoms with Gasteiger partial charge in [0, 0.05) is 5.02 Å². The molecule has 72 valence electrons. The third kappa shape index (κ3) is 3.46. The molecular formula is C10H10ClN3. The molecule has 0 bridgehead atoms. The maximum absolute atomic E-state index is 8.31. The van der Waals surface area contributed by atoms with E-state index in [1.807, 2.05) is 30.5 Å². The molecular weight excluding hydrogens is 198 g/mol. The molecule has 0 unspecified atom stereocenters. The first-order valence-corrected chi connectivity index (χ1v) is 4.51. The van der Waals surface area contributed by atoms with Gasteiger partial charge in [0.15, 0.2) is 6.19 Å². The van der Waals surface area contributed by atoms with E-state index in [1.165, 1.54) is 0 Å². The van der Waals surface area contributed by atoms with Crippen molar-refractivity contribution in [1.82, 2.24) is 5.32 Å². The molecule has 0 radical (unpaired) electrons. The number of amidine groups is 1. The van der Waals surface area contributed by atoms with Gasteiger partial charge >= 0.3 is 0 Å². The molecule has 0 amide bonds. The van der Waals surface area contributed by atoms with E-state index in [0.29, 0.717) is 17.4 Å². The van der Waals surface area contributed by atoms with E-state index in [9.17, 15) is 0 Å². The van der Waals surface area contributed by atoms with E-state index in [1.54, 1.807) is 6.92 Å². The predicted octanol–water partition coefficient (Wildman–Crippen LogP) is 2.33. The van der Waals surface area contributed by atoms with Crippen LogP contribution in [0.1, 0.15) is 12.5 Å². The molecule has 0 aliphatic carbocycles. The highest BCUT2D eigenvalue weighted by atomic mass is 35.5. The Kier molecular flexibility index (Phi) is 3.96. The van der Waals surface area contributed by atoms with E-state index in [0.717, 1.165) is 5.56 Å². The van der Waals surface area contributed by atoms with Gasteiger partial charge in [0.2, 0.25) is 0 Å². The van der Waals surface area contributed by atoms with Crippen LogP contribution in [0, 0.1) is 11.5 Å². The van der Waals surface area contributed by atoms with Crippen molar-refractivity contribution in [2.24, 2.45) is 4.99 Å². The molecule has 0 aliphatic heterocycles. The van der Waals surface area contributed by atoms with Crippen molar-refractivity contribution in [1.29, 1.82) is 5.26 Å². The number of hydrogen-bond acceptors (Lipinski definition) is 2. The smallest absolute Gasteiger partial charge is 0.182 e. The Hall–Kier alpha value is -1.53. The number of aliphatic imine (C=N–C) groups is 1. The molecule has 0 aliphatic rings. The highest BCUT2D eigenvalue weighted by molar-refractivity contribution is 6.30. The van der Waals surface area contributed by atoms with E-state index >= 15 is 0 Å². The Morgan fingerprint density at radius 2 is 2.14 bits per heavy atom. The van der Waals surface area contributed by atoms with Gasteiger partial charge in [-0.3, -0.25) is 10.3 Å². The maximum Gasteiger partial charge on any atom is 0.182 e. The summed E-state index contributed by atoms with van der Waals surface area (Å²) in [5.41, 5.74) is 1.06. The summed E-state index contributed by atoms with van der Waals surface area (Å²) in [5.74, 6) is 0.613. The maximum atomic E-state index is 8.31. The molecule has 0 fully saturated rings. The average Bonchev–Trinajstić information content (AvgIpc) is 2.17. The number of nitriles is 1. The standard InChI is InChI=1S/C10H10ClN3/c1-8(14-7-12)13-6-9-2-4-10(11)5-3-9/h2-5H,6H2,1H3,(H,13,14). The molecule has 0 spiro atoms. The zero-order valence-electron chi connectivity index (χ0n) is 7.79. The second kappa shape index (κ2) is 5.25. The van der Waals surface area contributed by atoms with Crippen LogP contribution >= 0.6 is 11.6 Å². The van der Waals surface area contributed by atoms with Crippen molar-refractivity contribution in [2.45, 2.75) is 13.5 Å². The minimum Gasteiger partial charge on any atom is -0.281 e. The third-order valence-electron chi connectivity index (χ3n) is 1.65. The van der Waals surface area contributed by atoms with E-state index in [2.05, 4.69) is 10.3 Å². The van der Waals surface area contributed by atoms with Crippen LogP contribution in [0.25, 0.3) is 0 Å². The van der Waals surface area contributed by atoms with Crippen molar-refractivity contribution in [3.05, 3.63) is 34.9 Å². The molecule has 1 N–H and O–H groups in total. The summed E-state index contributed by atoms with van der Waals surface area (Å²) in [6.07, 6.45) is 1.81. The van der Waals surface area contributed by atoms with E-state index in [-0.39, 0.29) is 0 Å². The molecule has 1 rings (SSSR count). The first kappa shape index (κ1) is 10.6. The summed E-state index contributed by atoms with van der Waals surface area (Å²) in [6.45, 7) is 2.30. The summed E-state index contributed by atoms with van der Waals surface area (Å²) < 4.78 is 0. The molecule has 0 saturated heterocycles. The number of halogens is 1. The fourth-order valence-electron chi connectivity index (χ4n) is 0.920. The van der Waals surface area contributed by atoms with Gasteiger partial charge in [-0.25, -0.2) is 0 Å². The summed E-state index contributed by atoms with van der Waals surface area (Å²) >= 11 is 5.73. The molecule has 0 aromatic heterocycles. The summed E-state index contributed by atoms with van der Waals surface area (Å²) in [5, 5.41) is 11.5. The first-order chi connectivity index (χ1) is 6.72. The minimum absolute atomic E-state index is 0.553. The first-order valence-electron chi connectivity index (χ1n) is 4.13. The van der Waals surface area contributed by atoms with Crippen LogP contribution in [-0.4, -0.2) is 5.84 Å². The lowest BCUT2D eigenvalue weighted by atomic mass is 10.2. The van der Waals surface area contributed by atoms with Crippen LogP contribution in [0.4, 0.5) is 0 Å². The number of hydrogen-bond donors (Lipinski definition) is 1. The SMILES string of the molecule is CC(=NCc1ccc(Cl)cc1)NC#N. The van der Waals surface area contributed by atoms with Gasteiger partial charge in [0.25, 0.3) is 0 Å². The predicted molar refractivity (Wildman–Crippen MR) is 57.0 cm³/mol. The number of nitrogens with zero attached hydrogens (tertiary/aromatic N) is 2. The topological polar surface area (TPSA) is 48.2 Å². The fourth-order valence-corrected chi connectivity index (χ4v) is 1.05. The van der Waals surface area contributed by atoms with Gasteiger partial charge in [-0.05, 0) is 24.6 Å². The third-order valence-corrected chi connectivity index (χ3v) is 1.90. The Balaban J connectivity index is 2.58. The minimum atomic E-state index is 0.553. The fraction of sp³-hybridized carbons (Fsp3) is 0.200. The van der Waals surface area contributed by atoms with Crippen LogP contribution in [0.2, 0.25) is 5.02 Å². The molecule has 4 heteroatoms. The summed E-state index contributed by atoms with van der Waals surface area (Å²) in [4.78, 5) is 4.15.